The Morgan fingerprint density at radius 1 is 0.812 bits per heavy atom. The van der Waals surface area contributed by atoms with Crippen LogP contribution in [0, 0.1) is 0 Å². The Balaban J connectivity index is 2.66. The number of benzene rings is 2. The molecule has 0 aliphatic carbocycles. The summed E-state index contributed by atoms with van der Waals surface area (Å²) in [6, 6.07) is 10.5. The maximum Gasteiger partial charge on any atom is 0.0486 e. The van der Waals surface area contributed by atoms with Gasteiger partial charge in [-0.3, -0.25) is 0 Å². The predicted molar refractivity (Wildman–Crippen MR) is 70.7 cm³/mol. The van der Waals surface area contributed by atoms with Gasteiger partial charge < -0.3 is 11.5 Å². The minimum Gasteiger partial charge on any atom is -0.399 e. The van der Waals surface area contributed by atoms with Gasteiger partial charge in [-0.05, 0) is 36.4 Å². The van der Waals surface area contributed by atoms with Gasteiger partial charge in [0.1, 0.15) is 0 Å². The summed E-state index contributed by atoms with van der Waals surface area (Å²) in [5.74, 6) is 0. The Morgan fingerprint density at radius 3 is 2.31 bits per heavy atom. The van der Waals surface area contributed by atoms with Crippen molar-refractivity contribution in [2.24, 2.45) is 0 Å². The molecule has 0 aromatic heterocycles. The first-order valence-electron chi connectivity index (χ1n) is 4.68. The standard InChI is InChI=1S/C12H10Cl2N2/c13-7-1-3-11(14)9(5-7)10-6-8(15)2-4-12(10)16/h1-6H,15-16H2. The van der Waals surface area contributed by atoms with Crippen LogP contribution in [-0.4, -0.2) is 0 Å². The molecule has 0 amide bonds. The molecule has 0 atom stereocenters. The van der Waals surface area contributed by atoms with Crippen molar-refractivity contribution in [3.8, 4) is 11.1 Å². The quantitative estimate of drug-likeness (QED) is 0.759. The molecule has 2 aromatic carbocycles. The van der Waals surface area contributed by atoms with Crippen molar-refractivity contribution in [1.82, 2.24) is 0 Å². The number of anilines is 2. The van der Waals surface area contributed by atoms with Crippen molar-refractivity contribution in [3.05, 3.63) is 46.4 Å². The van der Waals surface area contributed by atoms with Crippen LogP contribution in [-0.2, 0) is 0 Å². The Labute approximate surface area is 104 Å². The van der Waals surface area contributed by atoms with Crippen LogP contribution in [0.4, 0.5) is 11.4 Å². The van der Waals surface area contributed by atoms with Crippen LogP contribution in [0.15, 0.2) is 36.4 Å². The minimum atomic E-state index is 0.599. The zero-order valence-electron chi connectivity index (χ0n) is 8.37. The van der Waals surface area contributed by atoms with Crippen LogP contribution < -0.4 is 11.5 Å². The molecule has 82 valence electrons. The third kappa shape index (κ3) is 2.08. The second-order valence-corrected chi connectivity index (χ2v) is 4.31. The van der Waals surface area contributed by atoms with Crippen molar-refractivity contribution in [3.63, 3.8) is 0 Å². The van der Waals surface area contributed by atoms with Crippen LogP contribution in [0.1, 0.15) is 0 Å². The Kier molecular flexibility index (Phi) is 2.95. The van der Waals surface area contributed by atoms with Gasteiger partial charge in [-0.1, -0.05) is 23.2 Å². The minimum absolute atomic E-state index is 0.599. The molecule has 2 aromatic rings. The van der Waals surface area contributed by atoms with Gasteiger partial charge in [0.2, 0.25) is 0 Å². The molecule has 0 saturated heterocycles. The van der Waals surface area contributed by atoms with Crippen molar-refractivity contribution in [2.75, 3.05) is 11.5 Å². The van der Waals surface area contributed by atoms with E-state index < -0.39 is 0 Å². The van der Waals surface area contributed by atoms with Crippen LogP contribution in [0.2, 0.25) is 10.0 Å². The third-order valence-electron chi connectivity index (χ3n) is 2.30. The molecular weight excluding hydrogens is 243 g/mol. The van der Waals surface area contributed by atoms with Gasteiger partial charge in [-0.25, -0.2) is 0 Å². The average molecular weight is 253 g/mol. The number of hydrogen-bond donors (Lipinski definition) is 2. The monoisotopic (exact) mass is 252 g/mol. The van der Waals surface area contributed by atoms with E-state index >= 15 is 0 Å². The smallest absolute Gasteiger partial charge is 0.0486 e. The molecule has 0 radical (unpaired) electrons. The molecule has 0 aliphatic heterocycles. The Bertz CT molecular complexity index is 489. The Morgan fingerprint density at radius 2 is 1.56 bits per heavy atom. The van der Waals surface area contributed by atoms with E-state index in [1.807, 2.05) is 0 Å². The van der Waals surface area contributed by atoms with E-state index in [2.05, 4.69) is 0 Å². The molecule has 0 unspecified atom stereocenters. The van der Waals surface area contributed by atoms with E-state index in [-0.39, 0.29) is 0 Å². The highest BCUT2D eigenvalue weighted by Crippen LogP contribution is 2.34. The fourth-order valence-corrected chi connectivity index (χ4v) is 1.90. The average Bonchev–Trinajstić information content (AvgIpc) is 2.25. The number of nitrogen functional groups attached to an aromatic ring is 2. The maximum absolute atomic E-state index is 6.10. The van der Waals surface area contributed by atoms with Gasteiger partial charge in [-0.15, -0.1) is 0 Å². The number of halogens is 2. The molecular formula is C12H10Cl2N2. The molecule has 2 rings (SSSR count). The summed E-state index contributed by atoms with van der Waals surface area (Å²) in [6.45, 7) is 0. The highest BCUT2D eigenvalue weighted by Gasteiger charge is 2.08. The van der Waals surface area contributed by atoms with Gasteiger partial charge in [0.15, 0.2) is 0 Å². The lowest BCUT2D eigenvalue weighted by Crippen LogP contribution is -1.93. The van der Waals surface area contributed by atoms with Crippen molar-refractivity contribution in [2.45, 2.75) is 0 Å². The highest BCUT2D eigenvalue weighted by molar-refractivity contribution is 6.35. The first-order valence-corrected chi connectivity index (χ1v) is 5.44. The second-order valence-electron chi connectivity index (χ2n) is 3.47. The molecule has 0 heterocycles. The predicted octanol–water partition coefficient (Wildman–Crippen LogP) is 3.82. The molecule has 0 saturated carbocycles. The van der Waals surface area contributed by atoms with Gasteiger partial charge in [0.05, 0.1) is 0 Å². The van der Waals surface area contributed by atoms with Crippen LogP contribution in [0.25, 0.3) is 11.1 Å². The topological polar surface area (TPSA) is 52.0 Å². The summed E-state index contributed by atoms with van der Waals surface area (Å²) in [4.78, 5) is 0. The van der Waals surface area contributed by atoms with Crippen molar-refractivity contribution < 1.29 is 0 Å². The van der Waals surface area contributed by atoms with E-state index in [4.69, 9.17) is 34.7 Å². The molecule has 0 fully saturated rings. The van der Waals surface area contributed by atoms with E-state index in [0.29, 0.717) is 21.4 Å². The molecule has 4 N–H and O–H groups in total. The van der Waals surface area contributed by atoms with E-state index in [1.54, 1.807) is 36.4 Å². The number of nitrogens with two attached hydrogens (primary N) is 2. The maximum atomic E-state index is 6.10. The molecule has 2 nitrogen and oxygen atoms in total. The van der Waals surface area contributed by atoms with Gasteiger partial charge in [0, 0.05) is 32.5 Å². The normalized spacial score (nSPS) is 10.4. The third-order valence-corrected chi connectivity index (χ3v) is 2.86. The molecule has 0 bridgehead atoms. The summed E-state index contributed by atoms with van der Waals surface area (Å²) in [5, 5.41) is 1.21. The summed E-state index contributed by atoms with van der Waals surface area (Å²) in [6.07, 6.45) is 0. The molecule has 4 heteroatoms. The number of hydrogen-bond acceptors (Lipinski definition) is 2. The second kappa shape index (κ2) is 4.24. The zero-order chi connectivity index (χ0) is 11.7. The van der Waals surface area contributed by atoms with Gasteiger partial charge in [-0.2, -0.15) is 0 Å². The summed E-state index contributed by atoms with van der Waals surface area (Å²) >= 11 is 12.0. The van der Waals surface area contributed by atoms with Gasteiger partial charge >= 0.3 is 0 Å². The van der Waals surface area contributed by atoms with Crippen LogP contribution in [0.5, 0.6) is 0 Å². The first-order chi connectivity index (χ1) is 7.58. The van der Waals surface area contributed by atoms with E-state index in [0.717, 1.165) is 11.1 Å². The largest absolute Gasteiger partial charge is 0.399 e. The van der Waals surface area contributed by atoms with Crippen LogP contribution >= 0.6 is 23.2 Å². The first kappa shape index (κ1) is 11.1. The van der Waals surface area contributed by atoms with E-state index in [1.165, 1.54) is 0 Å². The Hall–Kier alpha value is -1.38. The zero-order valence-corrected chi connectivity index (χ0v) is 9.89. The molecule has 0 spiro atoms. The summed E-state index contributed by atoms with van der Waals surface area (Å²) < 4.78 is 0. The summed E-state index contributed by atoms with van der Waals surface area (Å²) in [7, 11) is 0. The van der Waals surface area contributed by atoms with Crippen LogP contribution in [0.3, 0.4) is 0 Å². The van der Waals surface area contributed by atoms with Crippen molar-refractivity contribution in [1.29, 1.82) is 0 Å². The lowest BCUT2D eigenvalue weighted by molar-refractivity contribution is 1.60. The number of rotatable bonds is 1. The fourth-order valence-electron chi connectivity index (χ4n) is 1.51. The highest BCUT2D eigenvalue weighted by atomic mass is 35.5. The fraction of sp³-hybridized carbons (Fsp3) is 0. The summed E-state index contributed by atoms with van der Waals surface area (Å²) in [5.41, 5.74) is 14.5. The van der Waals surface area contributed by atoms with E-state index in [9.17, 15) is 0 Å². The molecule has 16 heavy (non-hydrogen) atoms. The molecule has 0 aliphatic rings. The van der Waals surface area contributed by atoms with Gasteiger partial charge in [0.25, 0.3) is 0 Å². The lowest BCUT2D eigenvalue weighted by Gasteiger charge is -2.09. The van der Waals surface area contributed by atoms with Crippen molar-refractivity contribution >= 4 is 34.6 Å². The SMILES string of the molecule is Nc1ccc(N)c(-c2cc(Cl)ccc2Cl)c1. The lowest BCUT2D eigenvalue weighted by atomic mass is 10.0.